The topological polar surface area (TPSA) is 155 Å². The molecule has 11 heteroatoms. The molecule has 0 radical (unpaired) electrons. The number of benzene rings is 2. The summed E-state index contributed by atoms with van der Waals surface area (Å²) in [6.07, 6.45) is 0. The SMILES string of the molecule is Cc1ccc(O)cc1S(=O)(=O)O.Cc1ccc([O-])cc1S(=O)(=O)[O-].[Ca+2]. The van der Waals surface area contributed by atoms with Crippen LogP contribution in [0.1, 0.15) is 11.1 Å². The fourth-order valence-corrected chi connectivity index (χ4v) is 3.18. The largest absolute Gasteiger partial charge is 2.00 e. The van der Waals surface area contributed by atoms with Gasteiger partial charge in [-0.15, -0.1) is 5.75 Å². The molecular formula is C14H14CaO8S2. The monoisotopic (exact) mass is 414 g/mol. The molecule has 8 nitrogen and oxygen atoms in total. The van der Waals surface area contributed by atoms with Gasteiger partial charge in [0.2, 0.25) is 0 Å². The van der Waals surface area contributed by atoms with Gasteiger partial charge in [-0.25, -0.2) is 8.42 Å². The molecular weight excluding hydrogens is 400 g/mol. The van der Waals surface area contributed by atoms with Gasteiger partial charge in [0.15, 0.2) is 0 Å². The van der Waals surface area contributed by atoms with Crippen LogP contribution in [0, 0.1) is 13.8 Å². The number of aromatic hydroxyl groups is 1. The zero-order chi connectivity index (χ0) is 18.7. The van der Waals surface area contributed by atoms with Crippen LogP contribution in [-0.4, -0.2) is 68.8 Å². The number of hydrogen-bond acceptors (Lipinski definition) is 7. The molecule has 2 aromatic rings. The van der Waals surface area contributed by atoms with E-state index in [-0.39, 0.29) is 48.4 Å². The van der Waals surface area contributed by atoms with Crippen molar-refractivity contribution in [3.8, 4) is 11.5 Å². The Balaban J connectivity index is 0.000000443. The number of phenolic OH excluding ortho intramolecular Hbond substituents is 1. The van der Waals surface area contributed by atoms with Crippen molar-refractivity contribution in [2.45, 2.75) is 23.6 Å². The van der Waals surface area contributed by atoms with Crippen LogP contribution in [0.15, 0.2) is 46.2 Å². The van der Waals surface area contributed by atoms with Crippen molar-refractivity contribution in [3.63, 3.8) is 0 Å². The maximum absolute atomic E-state index is 10.7. The summed E-state index contributed by atoms with van der Waals surface area (Å²) in [7, 11) is -8.72. The first kappa shape index (κ1) is 24.1. The number of rotatable bonds is 2. The van der Waals surface area contributed by atoms with E-state index in [2.05, 4.69) is 0 Å². The maximum atomic E-state index is 10.7. The summed E-state index contributed by atoms with van der Waals surface area (Å²) >= 11 is 0. The Morgan fingerprint density at radius 1 is 0.880 bits per heavy atom. The standard InChI is InChI=1S/2C7H8O4S.Ca/c2*1-5-2-3-6(8)4-7(5)12(9,10)11;/h2*2-4,8H,1H3,(H,9,10,11);/q;;+2/p-2. The summed E-state index contributed by atoms with van der Waals surface area (Å²) < 4.78 is 61.5. The van der Waals surface area contributed by atoms with E-state index in [9.17, 15) is 26.5 Å². The summed E-state index contributed by atoms with van der Waals surface area (Å²) in [5.41, 5.74) is 0.694. The van der Waals surface area contributed by atoms with E-state index in [0.29, 0.717) is 11.1 Å². The van der Waals surface area contributed by atoms with Gasteiger partial charge in [-0.2, -0.15) is 8.42 Å². The van der Waals surface area contributed by atoms with Gasteiger partial charge in [0.05, 0.1) is 4.90 Å². The van der Waals surface area contributed by atoms with Gasteiger partial charge in [-0.3, -0.25) is 4.55 Å². The van der Waals surface area contributed by atoms with Crippen LogP contribution in [0.4, 0.5) is 0 Å². The van der Waals surface area contributed by atoms with Crippen molar-refractivity contribution >= 4 is 58.0 Å². The van der Waals surface area contributed by atoms with Crippen molar-refractivity contribution < 1.29 is 36.2 Å². The molecule has 0 aromatic heterocycles. The van der Waals surface area contributed by atoms with Gasteiger partial charge in [0, 0.05) is 6.07 Å². The summed E-state index contributed by atoms with van der Waals surface area (Å²) in [6.45, 7) is 2.99. The fraction of sp³-hybridized carbons (Fsp3) is 0.143. The van der Waals surface area contributed by atoms with Crippen LogP contribution in [0.2, 0.25) is 0 Å². The zero-order valence-corrected chi connectivity index (χ0v) is 17.2. The Morgan fingerprint density at radius 2 is 1.36 bits per heavy atom. The second kappa shape index (κ2) is 9.17. The molecule has 0 heterocycles. The van der Waals surface area contributed by atoms with Crippen LogP contribution in [0.3, 0.4) is 0 Å². The van der Waals surface area contributed by atoms with Gasteiger partial charge in [0.25, 0.3) is 10.1 Å². The first-order valence-electron chi connectivity index (χ1n) is 6.33. The van der Waals surface area contributed by atoms with Crippen molar-refractivity contribution in [1.82, 2.24) is 0 Å². The molecule has 25 heavy (non-hydrogen) atoms. The van der Waals surface area contributed by atoms with E-state index in [4.69, 9.17) is 9.66 Å². The summed E-state index contributed by atoms with van der Waals surface area (Å²) in [4.78, 5) is -0.697. The molecule has 0 saturated heterocycles. The minimum absolute atomic E-state index is 0. The van der Waals surface area contributed by atoms with Gasteiger partial charge in [-0.05, 0) is 31.0 Å². The van der Waals surface area contributed by atoms with Crippen molar-refractivity contribution in [2.75, 3.05) is 0 Å². The van der Waals surface area contributed by atoms with Crippen molar-refractivity contribution in [2.24, 2.45) is 0 Å². The molecule has 0 bridgehead atoms. The molecule has 0 aliphatic heterocycles. The van der Waals surface area contributed by atoms with Gasteiger partial charge >= 0.3 is 37.7 Å². The van der Waals surface area contributed by atoms with Crippen LogP contribution < -0.4 is 5.11 Å². The maximum Gasteiger partial charge on any atom is 2.00 e. The molecule has 2 aromatic carbocycles. The van der Waals surface area contributed by atoms with E-state index >= 15 is 0 Å². The van der Waals surface area contributed by atoms with E-state index in [1.54, 1.807) is 0 Å². The third kappa shape index (κ3) is 7.48. The van der Waals surface area contributed by atoms with E-state index < -0.39 is 30.9 Å². The summed E-state index contributed by atoms with van der Waals surface area (Å²) in [5.74, 6) is -0.664. The quantitative estimate of drug-likeness (QED) is 0.533. The Hall–Kier alpha value is -0.880. The Labute approximate surface area is 175 Å². The predicted molar refractivity (Wildman–Crippen MR) is 87.0 cm³/mol. The molecule has 2 rings (SSSR count). The Morgan fingerprint density at radius 3 is 1.76 bits per heavy atom. The molecule has 0 aliphatic rings. The Kier molecular flexibility index (Phi) is 8.85. The van der Waals surface area contributed by atoms with Crippen LogP contribution in [0.5, 0.6) is 11.5 Å². The van der Waals surface area contributed by atoms with Gasteiger partial charge < -0.3 is 14.8 Å². The minimum Gasteiger partial charge on any atom is -0.872 e. The minimum atomic E-state index is -4.51. The number of aryl methyl sites for hydroxylation is 2. The molecule has 0 unspecified atom stereocenters. The molecule has 0 amide bonds. The van der Waals surface area contributed by atoms with Gasteiger partial charge in [0.1, 0.15) is 20.8 Å². The molecule has 0 spiro atoms. The van der Waals surface area contributed by atoms with Crippen LogP contribution in [-0.2, 0) is 20.2 Å². The third-order valence-corrected chi connectivity index (χ3v) is 4.85. The van der Waals surface area contributed by atoms with Crippen LogP contribution in [0.25, 0.3) is 0 Å². The first-order valence-corrected chi connectivity index (χ1v) is 9.18. The van der Waals surface area contributed by atoms with Gasteiger partial charge in [-0.1, -0.05) is 24.3 Å². The second-order valence-corrected chi connectivity index (χ2v) is 7.54. The fourth-order valence-electron chi connectivity index (χ4n) is 1.72. The smallest absolute Gasteiger partial charge is 0.872 e. The molecule has 2 N–H and O–H groups in total. The second-order valence-electron chi connectivity index (χ2n) is 4.81. The van der Waals surface area contributed by atoms with E-state index in [1.807, 2.05) is 0 Å². The summed E-state index contributed by atoms with van der Waals surface area (Å²) in [5, 5.41) is 19.6. The average Bonchev–Trinajstić information content (AvgIpc) is 2.42. The average molecular weight is 414 g/mol. The molecule has 0 saturated carbocycles. The van der Waals surface area contributed by atoms with Crippen LogP contribution >= 0.6 is 0 Å². The van der Waals surface area contributed by atoms with E-state index in [0.717, 1.165) is 12.1 Å². The molecule has 132 valence electrons. The molecule has 0 fully saturated rings. The Bertz CT molecular complexity index is 873. The van der Waals surface area contributed by atoms with Crippen molar-refractivity contribution in [1.29, 1.82) is 0 Å². The third-order valence-electron chi connectivity index (χ3n) is 2.88. The zero-order valence-electron chi connectivity index (χ0n) is 13.3. The number of phenols is 1. The number of hydrogen-bond donors (Lipinski definition) is 2. The summed E-state index contributed by atoms with van der Waals surface area (Å²) in [6, 6.07) is 7.13. The molecule has 0 aliphatic carbocycles. The van der Waals surface area contributed by atoms with E-state index in [1.165, 1.54) is 38.1 Å². The normalized spacial score (nSPS) is 11.0. The van der Waals surface area contributed by atoms with Crippen molar-refractivity contribution in [3.05, 3.63) is 47.5 Å². The molecule has 0 atom stereocenters. The predicted octanol–water partition coefficient (Wildman–Crippen LogP) is 0.539. The first-order chi connectivity index (χ1) is 10.8.